The third-order valence-electron chi connectivity index (χ3n) is 4.13. The minimum atomic E-state index is -3.30. The summed E-state index contributed by atoms with van der Waals surface area (Å²) in [5.74, 6) is -0.473. The van der Waals surface area contributed by atoms with Gasteiger partial charge in [0.1, 0.15) is 5.82 Å². The molecule has 1 amide bonds. The highest BCUT2D eigenvalue weighted by Gasteiger charge is 2.17. The quantitative estimate of drug-likeness (QED) is 0.652. The van der Waals surface area contributed by atoms with Crippen molar-refractivity contribution < 1.29 is 17.6 Å². The first kappa shape index (κ1) is 20.1. The van der Waals surface area contributed by atoms with Crippen LogP contribution in [0, 0.1) is 5.82 Å². The van der Waals surface area contributed by atoms with Gasteiger partial charge in [0.15, 0.2) is 9.84 Å². The van der Waals surface area contributed by atoms with Crippen LogP contribution in [0.3, 0.4) is 0 Å². The molecule has 0 bridgehead atoms. The molecule has 0 aliphatic carbocycles. The number of carbonyl (C=O) groups excluding carboxylic acids is 1. The molecule has 0 N–H and O–H groups in total. The van der Waals surface area contributed by atoms with Gasteiger partial charge in [-0.15, -0.1) is 0 Å². The molecule has 2 aromatic carbocycles. The van der Waals surface area contributed by atoms with Gasteiger partial charge in [-0.2, -0.15) is 0 Å². The number of hydrogen-bond donors (Lipinski definition) is 0. The van der Waals surface area contributed by atoms with Crippen molar-refractivity contribution in [2.45, 2.75) is 37.6 Å². The van der Waals surface area contributed by atoms with Crippen molar-refractivity contribution in [3.05, 3.63) is 65.5 Å². The van der Waals surface area contributed by atoms with Gasteiger partial charge in [-0.25, -0.2) is 12.8 Å². The van der Waals surface area contributed by atoms with Gasteiger partial charge in [0.2, 0.25) is 0 Å². The highest BCUT2D eigenvalue weighted by Crippen LogP contribution is 2.15. The van der Waals surface area contributed by atoms with Crippen LogP contribution >= 0.6 is 0 Å². The number of benzene rings is 2. The van der Waals surface area contributed by atoms with Crippen LogP contribution < -0.4 is 0 Å². The Kier molecular flexibility index (Phi) is 6.91. The fourth-order valence-corrected chi connectivity index (χ4v) is 3.27. The molecule has 0 aliphatic heterocycles. The van der Waals surface area contributed by atoms with E-state index in [0.29, 0.717) is 18.7 Å². The monoisotopic (exact) mass is 377 g/mol. The number of hydrogen-bond acceptors (Lipinski definition) is 3. The summed E-state index contributed by atoms with van der Waals surface area (Å²) >= 11 is 0. The molecule has 0 fully saturated rings. The van der Waals surface area contributed by atoms with Crippen LogP contribution in [0.1, 0.15) is 42.1 Å². The summed E-state index contributed by atoms with van der Waals surface area (Å²) in [5.41, 5.74) is 1.29. The van der Waals surface area contributed by atoms with Crippen molar-refractivity contribution >= 4 is 15.7 Å². The zero-order valence-corrected chi connectivity index (χ0v) is 15.9. The number of rotatable bonds is 8. The topological polar surface area (TPSA) is 54.5 Å². The number of amides is 1. The van der Waals surface area contributed by atoms with E-state index >= 15 is 0 Å². The van der Waals surface area contributed by atoms with Crippen molar-refractivity contribution in [1.29, 1.82) is 0 Å². The summed E-state index contributed by atoms with van der Waals surface area (Å²) in [5, 5.41) is 0. The molecule has 0 aromatic heterocycles. The maximum atomic E-state index is 13.1. The fraction of sp³-hybridized carbons (Fsp3) is 0.350. The summed E-state index contributed by atoms with van der Waals surface area (Å²) < 4.78 is 36.2. The molecule has 4 nitrogen and oxygen atoms in total. The largest absolute Gasteiger partial charge is 0.334 e. The molecule has 140 valence electrons. The van der Waals surface area contributed by atoms with E-state index in [0.717, 1.165) is 31.1 Å². The van der Waals surface area contributed by atoms with Gasteiger partial charge in [-0.05, 0) is 48.4 Å². The minimum absolute atomic E-state index is 0.162. The first-order valence-corrected chi connectivity index (χ1v) is 10.5. The number of nitrogens with zero attached hydrogens (tertiary/aromatic N) is 1. The zero-order valence-electron chi connectivity index (χ0n) is 15.1. The Morgan fingerprint density at radius 2 is 1.62 bits per heavy atom. The van der Waals surface area contributed by atoms with E-state index in [9.17, 15) is 17.6 Å². The van der Waals surface area contributed by atoms with Gasteiger partial charge >= 0.3 is 0 Å². The van der Waals surface area contributed by atoms with Crippen molar-refractivity contribution in [2.75, 3.05) is 12.8 Å². The highest BCUT2D eigenvalue weighted by molar-refractivity contribution is 7.90. The van der Waals surface area contributed by atoms with E-state index < -0.39 is 9.84 Å². The maximum Gasteiger partial charge on any atom is 0.254 e. The van der Waals surface area contributed by atoms with E-state index in [4.69, 9.17) is 0 Å². The number of carbonyl (C=O) groups is 1. The Hall–Kier alpha value is -2.21. The van der Waals surface area contributed by atoms with Gasteiger partial charge in [-0.1, -0.05) is 31.9 Å². The maximum absolute atomic E-state index is 13.1. The molecule has 0 heterocycles. The van der Waals surface area contributed by atoms with Crippen molar-refractivity contribution in [1.82, 2.24) is 4.90 Å². The molecule has 2 rings (SSSR count). The molecule has 2 aromatic rings. The Morgan fingerprint density at radius 3 is 2.15 bits per heavy atom. The molecule has 0 saturated heterocycles. The second kappa shape index (κ2) is 8.94. The van der Waals surface area contributed by atoms with Gasteiger partial charge in [-0.3, -0.25) is 4.79 Å². The molecular formula is C20H24FNO3S. The molecule has 26 heavy (non-hydrogen) atoms. The summed E-state index contributed by atoms with van der Waals surface area (Å²) in [7, 11) is -3.30. The SMILES string of the molecule is CCCCCN(Cc1ccc(F)cc1)C(=O)c1ccc(S(C)(=O)=O)cc1. The molecule has 6 heteroatoms. The van der Waals surface area contributed by atoms with Crippen LogP contribution in [-0.2, 0) is 16.4 Å². The zero-order chi connectivity index (χ0) is 19.2. The first-order valence-electron chi connectivity index (χ1n) is 8.65. The molecule has 0 radical (unpaired) electrons. The van der Waals surface area contributed by atoms with Crippen LogP contribution in [-0.4, -0.2) is 32.0 Å². The lowest BCUT2D eigenvalue weighted by atomic mass is 10.1. The predicted octanol–water partition coefficient (Wildman–Crippen LogP) is 4.06. The second-order valence-corrected chi connectivity index (χ2v) is 8.37. The third-order valence-corrected chi connectivity index (χ3v) is 5.26. The minimum Gasteiger partial charge on any atom is -0.334 e. The first-order chi connectivity index (χ1) is 12.3. The van der Waals surface area contributed by atoms with Crippen LogP contribution in [0.4, 0.5) is 4.39 Å². The lowest BCUT2D eigenvalue weighted by Gasteiger charge is -2.23. The van der Waals surface area contributed by atoms with Crippen LogP contribution in [0.25, 0.3) is 0 Å². The number of unbranched alkanes of at least 4 members (excludes halogenated alkanes) is 2. The molecule has 0 spiro atoms. The molecule has 0 atom stereocenters. The molecule has 0 unspecified atom stereocenters. The Bertz CT molecular complexity index is 830. The Balaban J connectivity index is 2.19. The van der Waals surface area contributed by atoms with Crippen LogP contribution in [0.15, 0.2) is 53.4 Å². The summed E-state index contributed by atoms with van der Waals surface area (Å²) in [6, 6.07) is 12.1. The second-order valence-electron chi connectivity index (χ2n) is 6.36. The van der Waals surface area contributed by atoms with Crippen molar-refractivity contribution in [3.8, 4) is 0 Å². The normalized spacial score (nSPS) is 11.3. The van der Waals surface area contributed by atoms with Gasteiger partial charge in [0, 0.05) is 24.9 Å². The van der Waals surface area contributed by atoms with E-state index in [1.165, 1.54) is 36.4 Å². The predicted molar refractivity (Wildman–Crippen MR) is 100 cm³/mol. The fourth-order valence-electron chi connectivity index (χ4n) is 2.64. The molecule has 0 saturated carbocycles. The average Bonchev–Trinajstić information content (AvgIpc) is 2.61. The van der Waals surface area contributed by atoms with Gasteiger partial charge in [0.25, 0.3) is 5.91 Å². The lowest BCUT2D eigenvalue weighted by Crippen LogP contribution is -2.31. The van der Waals surface area contributed by atoms with E-state index in [-0.39, 0.29) is 16.6 Å². The Labute approximate surface area is 154 Å². The standard InChI is InChI=1S/C20H24FNO3S/c1-3-4-5-14-22(15-16-6-10-18(21)11-7-16)20(23)17-8-12-19(13-9-17)26(2,24)25/h6-13H,3-5,14-15H2,1-2H3. The third kappa shape index (κ3) is 5.66. The number of halogens is 1. The van der Waals surface area contributed by atoms with Gasteiger partial charge in [0.05, 0.1) is 4.90 Å². The summed E-state index contributed by atoms with van der Waals surface area (Å²) in [6.07, 6.45) is 4.07. The van der Waals surface area contributed by atoms with Crippen molar-refractivity contribution in [2.24, 2.45) is 0 Å². The van der Waals surface area contributed by atoms with Crippen LogP contribution in [0.5, 0.6) is 0 Å². The average molecular weight is 377 g/mol. The molecular weight excluding hydrogens is 353 g/mol. The Morgan fingerprint density at radius 1 is 1.00 bits per heavy atom. The van der Waals surface area contributed by atoms with Gasteiger partial charge < -0.3 is 4.90 Å². The molecule has 0 aliphatic rings. The van der Waals surface area contributed by atoms with E-state index in [2.05, 4.69) is 6.92 Å². The summed E-state index contributed by atoms with van der Waals surface area (Å²) in [4.78, 5) is 14.8. The number of sulfone groups is 1. The summed E-state index contributed by atoms with van der Waals surface area (Å²) in [6.45, 7) is 3.07. The lowest BCUT2D eigenvalue weighted by molar-refractivity contribution is 0.0740. The highest BCUT2D eigenvalue weighted by atomic mass is 32.2. The van der Waals surface area contributed by atoms with E-state index in [1.54, 1.807) is 17.0 Å². The smallest absolute Gasteiger partial charge is 0.254 e. The van der Waals surface area contributed by atoms with E-state index in [1.807, 2.05) is 0 Å². The van der Waals surface area contributed by atoms with Crippen molar-refractivity contribution in [3.63, 3.8) is 0 Å². The van der Waals surface area contributed by atoms with Crippen LogP contribution in [0.2, 0.25) is 0 Å².